The first-order valence-electron chi connectivity index (χ1n) is 15.0. The summed E-state index contributed by atoms with van der Waals surface area (Å²) in [5.74, 6) is 2.17. The van der Waals surface area contributed by atoms with E-state index in [0.717, 1.165) is 16.5 Å². The van der Waals surface area contributed by atoms with Crippen molar-refractivity contribution in [2.75, 3.05) is 23.9 Å². The van der Waals surface area contributed by atoms with Gasteiger partial charge in [-0.3, -0.25) is 4.55 Å². The number of anilines is 2. The van der Waals surface area contributed by atoms with Gasteiger partial charge in [0.05, 0.1) is 27.7 Å². The molecule has 0 amide bonds. The second kappa shape index (κ2) is 18.5. The first-order chi connectivity index (χ1) is 23.8. The van der Waals surface area contributed by atoms with Crippen molar-refractivity contribution in [3.8, 4) is 17.1 Å². The Balaban J connectivity index is 0.000000527. The average molecular weight is 773 g/mol. The van der Waals surface area contributed by atoms with Gasteiger partial charge < -0.3 is 25.3 Å². The molecule has 6 rings (SSSR count). The highest BCUT2D eigenvalue weighted by atomic mass is 35.5. The zero-order valence-corrected chi connectivity index (χ0v) is 29.5. The molecule has 276 valence electrons. The van der Waals surface area contributed by atoms with Gasteiger partial charge in [-0.2, -0.15) is 8.42 Å². The lowest BCUT2D eigenvalue weighted by Crippen LogP contribution is -2.21. The van der Waals surface area contributed by atoms with Crippen molar-refractivity contribution in [1.82, 2.24) is 15.3 Å². The third kappa shape index (κ3) is 12.1. The van der Waals surface area contributed by atoms with Crippen LogP contribution in [0.2, 0.25) is 5.02 Å². The predicted molar refractivity (Wildman–Crippen MR) is 201 cm³/mol. The molecule has 0 atom stereocenters. The minimum atomic E-state index is -4.00. The molecule has 6 aromatic rings. The van der Waals surface area contributed by atoms with Gasteiger partial charge in [0, 0.05) is 29.4 Å². The molecule has 2 heterocycles. The number of nitrogens with one attached hydrogen (secondary N) is 2. The van der Waals surface area contributed by atoms with Gasteiger partial charge in [0.2, 0.25) is 0 Å². The van der Waals surface area contributed by atoms with E-state index in [4.69, 9.17) is 25.3 Å². The topological polar surface area (TPSA) is 192 Å². The summed E-state index contributed by atoms with van der Waals surface area (Å²) in [4.78, 5) is 8.72. The highest BCUT2D eigenvalue weighted by molar-refractivity contribution is 7.90. The molecular weight excluding hydrogens is 735 g/mol. The van der Waals surface area contributed by atoms with Crippen LogP contribution in [-0.4, -0.2) is 55.4 Å². The molecule has 0 saturated carbocycles. The molecule has 16 heteroatoms. The number of halogens is 2. The summed E-state index contributed by atoms with van der Waals surface area (Å²) in [5, 5.41) is 7.56. The summed E-state index contributed by atoms with van der Waals surface area (Å²) in [5.41, 5.74) is 2.99. The van der Waals surface area contributed by atoms with Gasteiger partial charge >= 0.3 is 0 Å². The van der Waals surface area contributed by atoms with Crippen LogP contribution in [0.15, 0.2) is 119 Å². The van der Waals surface area contributed by atoms with E-state index >= 15 is 0 Å². The number of hydrogen-bond donors (Lipinski definition) is 3. The van der Waals surface area contributed by atoms with E-state index in [1.165, 1.54) is 36.8 Å². The normalized spacial score (nSPS) is 11.1. The van der Waals surface area contributed by atoms with E-state index in [9.17, 15) is 21.2 Å². The fourth-order valence-corrected chi connectivity index (χ4v) is 5.87. The quantitative estimate of drug-likeness (QED) is 0.0867. The molecule has 0 fully saturated rings. The summed E-state index contributed by atoms with van der Waals surface area (Å²) < 4.78 is 77.0. The molecular formula is C36H38ClFN4O8S2. The summed E-state index contributed by atoms with van der Waals surface area (Å²) in [6, 6.07) is 28.4. The molecule has 5 N–H and O–H groups in total. The predicted octanol–water partition coefficient (Wildman–Crippen LogP) is 6.88. The van der Waals surface area contributed by atoms with Crippen LogP contribution in [0.4, 0.5) is 15.9 Å². The number of furan rings is 1. The molecule has 0 aliphatic rings. The van der Waals surface area contributed by atoms with Crippen molar-refractivity contribution in [1.29, 1.82) is 0 Å². The number of ether oxygens (including phenoxy) is 1. The molecule has 0 aliphatic heterocycles. The van der Waals surface area contributed by atoms with E-state index < -0.39 is 20.0 Å². The van der Waals surface area contributed by atoms with Crippen LogP contribution >= 0.6 is 11.6 Å². The molecule has 0 bridgehead atoms. The molecule has 0 spiro atoms. The minimum absolute atomic E-state index is 0. The van der Waals surface area contributed by atoms with E-state index in [0.29, 0.717) is 52.5 Å². The van der Waals surface area contributed by atoms with Gasteiger partial charge in [-0.05, 0) is 78.4 Å². The Hall–Kier alpha value is -4.90. The van der Waals surface area contributed by atoms with Crippen molar-refractivity contribution >= 4 is 54.0 Å². The Labute approximate surface area is 306 Å². The number of aromatic nitrogens is 2. The molecule has 4 aromatic carbocycles. The van der Waals surface area contributed by atoms with Gasteiger partial charge in [0.1, 0.15) is 51.7 Å². The van der Waals surface area contributed by atoms with Gasteiger partial charge in [-0.1, -0.05) is 49.4 Å². The van der Waals surface area contributed by atoms with Crippen molar-refractivity contribution < 1.29 is 40.4 Å². The zero-order valence-electron chi connectivity index (χ0n) is 27.1. The van der Waals surface area contributed by atoms with Crippen LogP contribution in [-0.2, 0) is 33.1 Å². The van der Waals surface area contributed by atoms with E-state index in [2.05, 4.69) is 20.6 Å². The molecule has 0 aliphatic carbocycles. The van der Waals surface area contributed by atoms with Gasteiger partial charge in [-0.25, -0.2) is 22.8 Å². The Bertz CT molecular complexity index is 2310. The highest BCUT2D eigenvalue weighted by Gasteiger charge is 2.12. The lowest BCUT2D eigenvalue weighted by molar-refractivity contribution is 0.306. The summed E-state index contributed by atoms with van der Waals surface area (Å²) in [6.07, 6.45) is 2.69. The number of rotatable bonds is 12. The molecule has 2 aromatic heterocycles. The molecule has 52 heavy (non-hydrogen) atoms. The number of hydrogen-bond acceptors (Lipinski definition) is 10. The van der Waals surface area contributed by atoms with Crippen molar-refractivity contribution in [2.24, 2.45) is 0 Å². The number of sulfone groups is 1. The summed E-state index contributed by atoms with van der Waals surface area (Å²) in [7, 11) is -7.02. The smallest absolute Gasteiger partial charge is 0.294 e. The number of fused-ring (bicyclic) bond motifs is 1. The van der Waals surface area contributed by atoms with Crippen LogP contribution in [0.3, 0.4) is 0 Å². The maximum atomic E-state index is 13.4. The number of benzene rings is 4. The third-order valence-electron chi connectivity index (χ3n) is 7.05. The monoisotopic (exact) mass is 772 g/mol. The van der Waals surface area contributed by atoms with Gasteiger partial charge in [-0.15, -0.1) is 0 Å². The van der Waals surface area contributed by atoms with Crippen molar-refractivity contribution in [3.05, 3.63) is 132 Å². The maximum Gasteiger partial charge on any atom is 0.294 e. The van der Waals surface area contributed by atoms with Crippen LogP contribution in [0.1, 0.15) is 18.8 Å². The van der Waals surface area contributed by atoms with E-state index in [-0.39, 0.29) is 36.0 Å². The number of nitrogens with zero attached hydrogens (tertiary/aromatic N) is 2. The van der Waals surface area contributed by atoms with E-state index in [1.807, 2.05) is 36.4 Å². The fourth-order valence-electron chi connectivity index (χ4n) is 4.62. The van der Waals surface area contributed by atoms with Crippen LogP contribution < -0.4 is 15.4 Å². The SMILES string of the molecule is C.CS(=O)(=O)CCNCc1ccc(-c2ccc3ncnc(Nc4ccc(OCc5cccc(F)c5)c(Cl)c4)c3c2)o1.O.O=S(=O)(O)c1ccccc1. The summed E-state index contributed by atoms with van der Waals surface area (Å²) >= 11 is 6.47. The molecule has 0 radical (unpaired) electrons. The Morgan fingerprint density at radius 3 is 2.35 bits per heavy atom. The minimum Gasteiger partial charge on any atom is -0.487 e. The van der Waals surface area contributed by atoms with Gasteiger partial charge in [0.25, 0.3) is 10.1 Å². The van der Waals surface area contributed by atoms with Crippen molar-refractivity contribution in [2.45, 2.75) is 25.5 Å². The average Bonchev–Trinajstić information content (AvgIpc) is 3.55. The highest BCUT2D eigenvalue weighted by Crippen LogP contribution is 2.33. The first kappa shape index (κ1) is 41.5. The maximum absolute atomic E-state index is 13.4. The van der Waals surface area contributed by atoms with Crippen LogP contribution in [0.25, 0.3) is 22.2 Å². The lowest BCUT2D eigenvalue weighted by Gasteiger charge is -2.12. The Kier molecular flexibility index (Phi) is 14.8. The Morgan fingerprint density at radius 1 is 0.904 bits per heavy atom. The first-order valence-corrected chi connectivity index (χ1v) is 18.9. The Morgan fingerprint density at radius 2 is 1.67 bits per heavy atom. The molecule has 12 nitrogen and oxygen atoms in total. The third-order valence-corrected chi connectivity index (χ3v) is 9.16. The molecule has 0 saturated heterocycles. The van der Waals surface area contributed by atoms with Crippen LogP contribution in [0, 0.1) is 5.82 Å². The second-order valence-electron chi connectivity index (χ2n) is 11.0. The lowest BCUT2D eigenvalue weighted by atomic mass is 10.1. The largest absolute Gasteiger partial charge is 0.487 e. The standard InChI is InChI=1S/C29H26ClFN4O4S.C6H6O3S.CH4.H2O/c1-40(36,37)12-11-32-16-23-7-10-27(39-23)20-5-8-26-24(14-20)29(34-18-33-26)35-22-6-9-28(25(30)15-22)38-17-19-3-2-4-21(31)13-19;7-10(8,9)6-4-2-1-3-5-6;;/h2-10,13-15,18,32H,11-12,16-17H2,1H3,(H,33,34,35);1-5H,(H,7,8,9);1H4;1H2. The fraction of sp³-hybridized carbons (Fsp3) is 0.167. The summed E-state index contributed by atoms with van der Waals surface area (Å²) in [6.45, 7) is 0.956. The van der Waals surface area contributed by atoms with Crippen LogP contribution in [0.5, 0.6) is 5.75 Å². The van der Waals surface area contributed by atoms with Gasteiger partial charge in [0.15, 0.2) is 0 Å². The van der Waals surface area contributed by atoms with Crippen molar-refractivity contribution in [3.63, 3.8) is 0 Å². The zero-order chi connectivity index (χ0) is 35.7. The second-order valence-corrected chi connectivity index (χ2v) is 15.1. The van der Waals surface area contributed by atoms with E-state index in [1.54, 1.807) is 42.5 Å². The molecule has 0 unspecified atom stereocenters.